The van der Waals surface area contributed by atoms with E-state index < -0.39 is 10.0 Å². The molecule has 0 fully saturated rings. The molecule has 0 aromatic heterocycles. The first-order chi connectivity index (χ1) is 9.86. The monoisotopic (exact) mass is 312 g/mol. The van der Waals surface area contributed by atoms with Gasteiger partial charge in [-0.2, -0.15) is 0 Å². The lowest BCUT2D eigenvalue weighted by atomic mass is 10.1. The molecule has 0 spiro atoms. The maximum atomic E-state index is 12.0. The number of hydrogen-bond donors (Lipinski definition) is 2. The van der Waals surface area contributed by atoms with Gasteiger partial charge in [0.2, 0.25) is 10.0 Å². The lowest BCUT2D eigenvalue weighted by molar-refractivity contribution is 0.104. The topological polar surface area (TPSA) is 86.7 Å². The quantitative estimate of drug-likeness (QED) is 0.417. The fourth-order valence-electron chi connectivity index (χ4n) is 1.50. The Morgan fingerprint density at radius 2 is 2.10 bits per heavy atom. The van der Waals surface area contributed by atoms with Gasteiger partial charge in [-0.15, -0.1) is 0 Å². The van der Waals surface area contributed by atoms with Crippen molar-refractivity contribution in [2.24, 2.45) is 0 Å². The second-order valence-electron chi connectivity index (χ2n) is 4.65. The summed E-state index contributed by atoms with van der Waals surface area (Å²) < 4.78 is 26.4. The van der Waals surface area contributed by atoms with Crippen LogP contribution in [0.4, 0.5) is 0 Å². The highest BCUT2D eigenvalue weighted by molar-refractivity contribution is 7.89. The first kappa shape index (κ1) is 17.4. The SMILES string of the molecule is CN(C)C=CC(=O)c1cccc(S(=O)(=O)NCCCO)c1. The molecule has 21 heavy (non-hydrogen) atoms. The number of carbonyl (C=O) groups is 1. The summed E-state index contributed by atoms with van der Waals surface area (Å²) in [5.41, 5.74) is 0.304. The van der Waals surface area contributed by atoms with Gasteiger partial charge in [0.25, 0.3) is 0 Å². The minimum absolute atomic E-state index is 0.0320. The van der Waals surface area contributed by atoms with Crippen molar-refractivity contribution in [3.63, 3.8) is 0 Å². The van der Waals surface area contributed by atoms with E-state index in [1.54, 1.807) is 31.3 Å². The van der Waals surface area contributed by atoms with Crippen molar-refractivity contribution in [3.8, 4) is 0 Å². The van der Waals surface area contributed by atoms with E-state index in [-0.39, 0.29) is 23.8 Å². The molecular weight excluding hydrogens is 292 g/mol. The maximum Gasteiger partial charge on any atom is 0.240 e. The molecule has 2 N–H and O–H groups in total. The Bertz CT molecular complexity index is 609. The molecule has 0 bridgehead atoms. The fourth-order valence-corrected chi connectivity index (χ4v) is 2.62. The van der Waals surface area contributed by atoms with Crippen molar-refractivity contribution < 1.29 is 18.3 Å². The van der Waals surface area contributed by atoms with Crippen LogP contribution in [0.25, 0.3) is 0 Å². The highest BCUT2D eigenvalue weighted by Gasteiger charge is 2.14. The number of benzene rings is 1. The zero-order valence-electron chi connectivity index (χ0n) is 12.1. The molecular formula is C14H20N2O4S. The number of nitrogens with zero attached hydrogens (tertiary/aromatic N) is 1. The number of hydrogen-bond acceptors (Lipinski definition) is 5. The molecule has 0 amide bonds. The van der Waals surface area contributed by atoms with Crippen LogP contribution in [0.2, 0.25) is 0 Å². The number of sulfonamides is 1. The van der Waals surface area contributed by atoms with E-state index in [1.807, 2.05) is 0 Å². The molecule has 116 valence electrons. The molecule has 0 aliphatic carbocycles. The largest absolute Gasteiger partial charge is 0.396 e. The Hall–Kier alpha value is -1.70. The number of aliphatic hydroxyl groups is 1. The van der Waals surface area contributed by atoms with E-state index in [1.165, 1.54) is 24.3 Å². The highest BCUT2D eigenvalue weighted by Crippen LogP contribution is 2.12. The minimum atomic E-state index is -3.67. The Balaban J connectivity index is 2.92. The third-order valence-electron chi connectivity index (χ3n) is 2.58. The van der Waals surface area contributed by atoms with Crippen molar-refractivity contribution >= 4 is 15.8 Å². The van der Waals surface area contributed by atoms with Gasteiger partial charge in [0.05, 0.1) is 4.90 Å². The Kier molecular flexibility index (Phi) is 6.54. The zero-order valence-corrected chi connectivity index (χ0v) is 12.9. The van der Waals surface area contributed by atoms with Crippen LogP contribution in [0, 0.1) is 0 Å². The van der Waals surface area contributed by atoms with Crippen molar-refractivity contribution in [1.82, 2.24) is 9.62 Å². The number of carbonyl (C=O) groups excluding carboxylic acids is 1. The van der Waals surface area contributed by atoms with E-state index >= 15 is 0 Å². The predicted octanol–water partition coefficient (Wildman–Crippen LogP) is 0.605. The Morgan fingerprint density at radius 3 is 2.71 bits per heavy atom. The van der Waals surface area contributed by atoms with E-state index in [2.05, 4.69) is 4.72 Å². The molecule has 0 radical (unpaired) electrons. The number of ketones is 1. The standard InChI is InChI=1S/C14H20N2O4S/c1-16(2)9-7-14(18)12-5-3-6-13(11-12)21(19,20)15-8-4-10-17/h3,5-7,9,11,15,17H,4,8,10H2,1-2H3. The van der Waals surface area contributed by atoms with Gasteiger partial charge >= 0.3 is 0 Å². The van der Waals surface area contributed by atoms with Crippen molar-refractivity contribution in [1.29, 1.82) is 0 Å². The van der Waals surface area contributed by atoms with Crippen molar-refractivity contribution in [3.05, 3.63) is 42.1 Å². The third kappa shape index (κ3) is 5.66. The number of aliphatic hydroxyl groups excluding tert-OH is 1. The highest BCUT2D eigenvalue weighted by atomic mass is 32.2. The number of rotatable bonds is 8. The summed E-state index contributed by atoms with van der Waals surface area (Å²) in [5, 5.41) is 8.66. The summed E-state index contributed by atoms with van der Waals surface area (Å²) in [6.45, 7) is 0.0634. The Labute approximate surface area is 125 Å². The van der Waals surface area contributed by atoms with Gasteiger partial charge in [0, 0.05) is 45.1 Å². The second-order valence-corrected chi connectivity index (χ2v) is 6.41. The van der Waals surface area contributed by atoms with Gasteiger partial charge in [0.15, 0.2) is 5.78 Å². The molecule has 0 saturated heterocycles. The summed E-state index contributed by atoms with van der Waals surface area (Å²) in [6.07, 6.45) is 3.32. The lowest BCUT2D eigenvalue weighted by Crippen LogP contribution is -2.25. The van der Waals surface area contributed by atoms with Crippen LogP contribution in [-0.4, -0.2) is 51.5 Å². The van der Waals surface area contributed by atoms with E-state index in [4.69, 9.17) is 5.11 Å². The second kappa shape index (κ2) is 7.92. The molecule has 0 aliphatic heterocycles. The molecule has 1 aromatic carbocycles. The third-order valence-corrected chi connectivity index (χ3v) is 4.04. The fraction of sp³-hybridized carbons (Fsp3) is 0.357. The van der Waals surface area contributed by atoms with Crippen molar-refractivity contribution in [2.75, 3.05) is 27.2 Å². The van der Waals surface area contributed by atoms with Gasteiger partial charge in [-0.1, -0.05) is 12.1 Å². The zero-order chi connectivity index (χ0) is 15.9. The van der Waals surface area contributed by atoms with Crippen LogP contribution in [0.5, 0.6) is 0 Å². The first-order valence-electron chi connectivity index (χ1n) is 6.46. The summed E-state index contributed by atoms with van der Waals surface area (Å²) >= 11 is 0. The van der Waals surface area contributed by atoms with Gasteiger partial charge in [-0.05, 0) is 18.6 Å². The molecule has 6 nitrogen and oxygen atoms in total. The van der Waals surface area contributed by atoms with Crippen LogP contribution in [0.15, 0.2) is 41.4 Å². The number of nitrogens with one attached hydrogen (secondary N) is 1. The molecule has 1 aromatic rings. The molecule has 7 heteroatoms. The molecule has 0 aliphatic rings. The van der Waals surface area contributed by atoms with Crippen molar-refractivity contribution in [2.45, 2.75) is 11.3 Å². The average Bonchev–Trinajstić information content (AvgIpc) is 2.45. The van der Waals surface area contributed by atoms with Crippen LogP contribution in [0.1, 0.15) is 16.8 Å². The average molecular weight is 312 g/mol. The minimum Gasteiger partial charge on any atom is -0.396 e. The van der Waals surface area contributed by atoms with Crippen LogP contribution in [0.3, 0.4) is 0 Å². The summed E-state index contributed by atoms with van der Waals surface area (Å²) in [7, 11) is -0.0928. The van der Waals surface area contributed by atoms with Gasteiger partial charge < -0.3 is 10.0 Å². The Morgan fingerprint density at radius 1 is 1.38 bits per heavy atom. The molecule has 0 unspecified atom stereocenters. The van der Waals surface area contributed by atoms with Gasteiger partial charge in [-0.3, -0.25) is 4.79 Å². The van der Waals surface area contributed by atoms with Crippen LogP contribution in [-0.2, 0) is 10.0 Å². The summed E-state index contributed by atoms with van der Waals surface area (Å²) in [4.78, 5) is 13.7. The summed E-state index contributed by atoms with van der Waals surface area (Å²) in [5.74, 6) is -0.267. The molecule has 0 saturated carbocycles. The normalized spacial score (nSPS) is 11.8. The van der Waals surface area contributed by atoms with E-state index in [0.29, 0.717) is 12.0 Å². The van der Waals surface area contributed by atoms with E-state index in [0.717, 1.165) is 0 Å². The molecule has 0 atom stereocenters. The first-order valence-corrected chi connectivity index (χ1v) is 7.94. The summed E-state index contributed by atoms with van der Waals surface area (Å²) in [6, 6.07) is 5.85. The lowest BCUT2D eigenvalue weighted by Gasteiger charge is -2.07. The molecule has 1 rings (SSSR count). The van der Waals surface area contributed by atoms with Crippen LogP contribution >= 0.6 is 0 Å². The van der Waals surface area contributed by atoms with Crippen LogP contribution < -0.4 is 4.72 Å². The van der Waals surface area contributed by atoms with Gasteiger partial charge in [0.1, 0.15) is 0 Å². The number of allylic oxidation sites excluding steroid dienone is 1. The smallest absolute Gasteiger partial charge is 0.240 e. The van der Waals surface area contributed by atoms with Gasteiger partial charge in [-0.25, -0.2) is 13.1 Å². The predicted molar refractivity (Wildman–Crippen MR) is 80.5 cm³/mol. The van der Waals surface area contributed by atoms with E-state index in [9.17, 15) is 13.2 Å². The maximum absolute atomic E-state index is 12.0. The molecule has 0 heterocycles.